The van der Waals surface area contributed by atoms with Gasteiger partial charge < -0.3 is 10.2 Å². The fourth-order valence-corrected chi connectivity index (χ4v) is 2.65. The number of rotatable bonds is 1. The first-order chi connectivity index (χ1) is 8.16. The van der Waals surface area contributed by atoms with Gasteiger partial charge in [0.1, 0.15) is 6.04 Å². The van der Waals surface area contributed by atoms with Crippen LogP contribution in [0.5, 0.6) is 0 Å². The second kappa shape index (κ2) is 3.58. The lowest BCUT2D eigenvalue weighted by atomic mass is 10.1. The van der Waals surface area contributed by atoms with Crippen molar-refractivity contribution >= 4 is 23.1 Å². The number of Topliss-reactive ketones (excluding diaryl/α,β-unsaturated/α-hetero) is 1. The molecule has 0 aromatic heterocycles. The van der Waals surface area contributed by atoms with Crippen molar-refractivity contribution in [1.82, 2.24) is 0 Å². The van der Waals surface area contributed by atoms with Crippen LogP contribution < -0.4 is 10.2 Å². The van der Waals surface area contributed by atoms with Gasteiger partial charge in [-0.25, -0.2) is 0 Å². The molecular weight excluding hydrogens is 216 g/mol. The number of carbonyl (C=O) groups excluding carboxylic acids is 2. The first kappa shape index (κ1) is 10.3. The zero-order valence-electron chi connectivity index (χ0n) is 9.69. The van der Waals surface area contributed by atoms with Gasteiger partial charge in [-0.3, -0.25) is 9.59 Å². The number of hydrogen-bond acceptors (Lipinski definition) is 3. The third kappa shape index (κ3) is 1.52. The Labute approximate surface area is 99.6 Å². The van der Waals surface area contributed by atoms with E-state index in [0.717, 1.165) is 30.8 Å². The molecule has 1 fully saturated rings. The van der Waals surface area contributed by atoms with Crippen LogP contribution in [0.4, 0.5) is 11.4 Å². The lowest BCUT2D eigenvalue weighted by Crippen LogP contribution is -2.43. The summed E-state index contributed by atoms with van der Waals surface area (Å²) in [4.78, 5) is 25.3. The third-order valence-electron chi connectivity index (χ3n) is 3.53. The standard InChI is InChI=1S/C13H14N2O2/c1-8(16)9-4-5-11-10(7-9)14-13(17)12-3-2-6-15(11)12/h4-5,7,12H,2-3,6H2,1H3,(H,14,17)/t12-/m0/s1. The average Bonchev–Trinajstić information content (AvgIpc) is 2.78. The summed E-state index contributed by atoms with van der Waals surface area (Å²) in [5.41, 5.74) is 2.44. The van der Waals surface area contributed by atoms with Crippen LogP contribution in [-0.2, 0) is 4.79 Å². The maximum absolute atomic E-state index is 11.9. The van der Waals surface area contributed by atoms with Crippen LogP contribution in [0.1, 0.15) is 30.1 Å². The molecular formula is C13H14N2O2. The molecule has 2 aliphatic rings. The van der Waals surface area contributed by atoms with Crippen LogP contribution in [-0.4, -0.2) is 24.3 Å². The fraction of sp³-hybridized carbons (Fsp3) is 0.385. The van der Waals surface area contributed by atoms with Crippen LogP contribution in [0.15, 0.2) is 18.2 Å². The SMILES string of the molecule is CC(=O)c1ccc2c(c1)NC(=O)[C@@H]1CCCN21. The van der Waals surface area contributed by atoms with Gasteiger partial charge in [0.25, 0.3) is 0 Å². The number of anilines is 2. The Bertz CT molecular complexity index is 510. The van der Waals surface area contributed by atoms with Crippen LogP contribution in [0, 0.1) is 0 Å². The van der Waals surface area contributed by atoms with E-state index >= 15 is 0 Å². The Morgan fingerprint density at radius 2 is 2.29 bits per heavy atom. The molecule has 1 aromatic rings. The lowest BCUT2D eigenvalue weighted by molar-refractivity contribution is -0.117. The second-order valence-electron chi connectivity index (χ2n) is 4.63. The van der Waals surface area contributed by atoms with Crippen molar-refractivity contribution in [3.63, 3.8) is 0 Å². The predicted molar refractivity (Wildman–Crippen MR) is 65.4 cm³/mol. The molecule has 2 aliphatic heterocycles. The summed E-state index contributed by atoms with van der Waals surface area (Å²) in [5.74, 6) is 0.0706. The largest absolute Gasteiger partial charge is 0.358 e. The summed E-state index contributed by atoms with van der Waals surface area (Å²) in [7, 11) is 0. The summed E-state index contributed by atoms with van der Waals surface area (Å²) >= 11 is 0. The molecule has 17 heavy (non-hydrogen) atoms. The minimum absolute atomic E-state index is 0.0191. The molecule has 1 N–H and O–H groups in total. The number of fused-ring (bicyclic) bond motifs is 3. The number of carbonyl (C=O) groups is 2. The fourth-order valence-electron chi connectivity index (χ4n) is 2.65. The van der Waals surface area contributed by atoms with Gasteiger partial charge in [-0.15, -0.1) is 0 Å². The Morgan fingerprint density at radius 1 is 1.47 bits per heavy atom. The first-order valence-corrected chi connectivity index (χ1v) is 5.89. The number of nitrogens with one attached hydrogen (secondary N) is 1. The Hall–Kier alpha value is -1.84. The number of benzene rings is 1. The van der Waals surface area contributed by atoms with Crippen molar-refractivity contribution in [2.24, 2.45) is 0 Å². The average molecular weight is 230 g/mol. The molecule has 2 heterocycles. The van der Waals surface area contributed by atoms with Crippen molar-refractivity contribution in [3.8, 4) is 0 Å². The smallest absolute Gasteiger partial charge is 0.247 e. The van der Waals surface area contributed by atoms with E-state index in [-0.39, 0.29) is 17.7 Å². The normalized spacial score (nSPS) is 21.8. The molecule has 3 rings (SSSR count). The van der Waals surface area contributed by atoms with Gasteiger partial charge in [0.2, 0.25) is 5.91 Å². The van der Waals surface area contributed by atoms with Gasteiger partial charge in [0.15, 0.2) is 5.78 Å². The van der Waals surface area contributed by atoms with E-state index in [1.807, 2.05) is 12.1 Å². The quantitative estimate of drug-likeness (QED) is 0.748. The molecule has 1 saturated heterocycles. The van der Waals surface area contributed by atoms with Crippen molar-refractivity contribution in [1.29, 1.82) is 0 Å². The molecule has 0 saturated carbocycles. The number of ketones is 1. The Morgan fingerprint density at radius 3 is 3.06 bits per heavy atom. The highest BCUT2D eigenvalue weighted by Gasteiger charge is 2.36. The van der Waals surface area contributed by atoms with Gasteiger partial charge in [-0.05, 0) is 38.0 Å². The van der Waals surface area contributed by atoms with Crippen LogP contribution in [0.25, 0.3) is 0 Å². The highest BCUT2D eigenvalue weighted by atomic mass is 16.2. The summed E-state index contributed by atoms with van der Waals surface area (Å²) in [5, 5.41) is 2.89. The van der Waals surface area contributed by atoms with E-state index in [2.05, 4.69) is 10.2 Å². The maximum atomic E-state index is 11.9. The molecule has 1 aromatic carbocycles. The van der Waals surface area contributed by atoms with Crippen LogP contribution >= 0.6 is 0 Å². The minimum Gasteiger partial charge on any atom is -0.358 e. The highest BCUT2D eigenvalue weighted by Crippen LogP contribution is 2.37. The van der Waals surface area contributed by atoms with Crippen molar-refractivity contribution in [2.75, 3.05) is 16.8 Å². The molecule has 1 amide bonds. The summed E-state index contributed by atoms with van der Waals surface area (Å²) in [6.45, 7) is 2.45. The number of amides is 1. The van der Waals surface area contributed by atoms with E-state index < -0.39 is 0 Å². The molecule has 0 spiro atoms. The van der Waals surface area contributed by atoms with Gasteiger partial charge in [-0.1, -0.05) is 0 Å². The number of hydrogen-bond donors (Lipinski definition) is 1. The van der Waals surface area contributed by atoms with Gasteiger partial charge in [0.05, 0.1) is 11.4 Å². The second-order valence-corrected chi connectivity index (χ2v) is 4.63. The predicted octanol–water partition coefficient (Wildman–Crippen LogP) is 1.81. The van der Waals surface area contributed by atoms with E-state index in [4.69, 9.17) is 0 Å². The molecule has 4 heteroatoms. The molecule has 88 valence electrons. The minimum atomic E-state index is -0.0225. The number of nitrogens with zero attached hydrogens (tertiary/aromatic N) is 1. The monoisotopic (exact) mass is 230 g/mol. The van der Waals surface area contributed by atoms with Gasteiger partial charge >= 0.3 is 0 Å². The third-order valence-corrected chi connectivity index (χ3v) is 3.53. The van der Waals surface area contributed by atoms with E-state index in [1.54, 1.807) is 6.07 Å². The molecule has 4 nitrogen and oxygen atoms in total. The van der Waals surface area contributed by atoms with Crippen molar-refractivity contribution < 1.29 is 9.59 Å². The van der Waals surface area contributed by atoms with Crippen LogP contribution in [0.2, 0.25) is 0 Å². The molecule has 0 bridgehead atoms. The summed E-state index contributed by atoms with van der Waals surface area (Å²) < 4.78 is 0. The van der Waals surface area contributed by atoms with Crippen molar-refractivity contribution in [3.05, 3.63) is 23.8 Å². The van der Waals surface area contributed by atoms with Gasteiger partial charge in [0, 0.05) is 12.1 Å². The maximum Gasteiger partial charge on any atom is 0.247 e. The van der Waals surface area contributed by atoms with Crippen LogP contribution in [0.3, 0.4) is 0 Å². The Kier molecular flexibility index (Phi) is 2.18. The topological polar surface area (TPSA) is 49.4 Å². The first-order valence-electron chi connectivity index (χ1n) is 5.89. The van der Waals surface area contributed by atoms with Gasteiger partial charge in [-0.2, -0.15) is 0 Å². The lowest BCUT2D eigenvalue weighted by Gasteiger charge is -2.33. The molecule has 1 atom stereocenters. The van der Waals surface area contributed by atoms with E-state index in [9.17, 15) is 9.59 Å². The molecule has 0 aliphatic carbocycles. The summed E-state index contributed by atoms with van der Waals surface area (Å²) in [6.07, 6.45) is 1.96. The zero-order valence-corrected chi connectivity index (χ0v) is 9.69. The Balaban J connectivity index is 2.07. The van der Waals surface area contributed by atoms with Crippen molar-refractivity contribution in [2.45, 2.75) is 25.8 Å². The van der Waals surface area contributed by atoms with E-state index in [0.29, 0.717) is 5.56 Å². The zero-order chi connectivity index (χ0) is 12.0. The summed E-state index contributed by atoms with van der Waals surface area (Å²) in [6, 6.07) is 5.51. The molecule has 0 unspecified atom stereocenters. The highest BCUT2D eigenvalue weighted by molar-refractivity contribution is 6.06. The van der Waals surface area contributed by atoms with E-state index in [1.165, 1.54) is 6.92 Å². The molecule has 0 radical (unpaired) electrons.